The van der Waals surface area contributed by atoms with Gasteiger partial charge in [-0.25, -0.2) is 0 Å². The second-order valence-electron chi connectivity index (χ2n) is 7.17. The number of morpholine rings is 1. The minimum Gasteiger partial charge on any atom is -0.394 e. The van der Waals surface area contributed by atoms with Gasteiger partial charge in [0.25, 0.3) is 0 Å². The Kier molecular flexibility index (Phi) is 5.46. The highest BCUT2D eigenvalue weighted by Gasteiger charge is 2.42. The molecule has 4 heteroatoms. The molecule has 1 saturated heterocycles. The van der Waals surface area contributed by atoms with E-state index in [4.69, 9.17) is 4.74 Å². The van der Waals surface area contributed by atoms with Gasteiger partial charge < -0.3 is 15.2 Å². The normalized spacial score (nSPS) is 35.1. The lowest BCUT2D eigenvalue weighted by Crippen LogP contribution is -2.62. The quantitative estimate of drug-likeness (QED) is 0.807. The molecule has 1 aliphatic carbocycles. The summed E-state index contributed by atoms with van der Waals surface area (Å²) >= 11 is 0. The zero-order chi connectivity index (χ0) is 14.6. The molecule has 1 aliphatic heterocycles. The Labute approximate surface area is 123 Å². The average molecular weight is 284 g/mol. The third-order valence-corrected chi connectivity index (χ3v) is 5.02. The van der Waals surface area contributed by atoms with Gasteiger partial charge in [0.15, 0.2) is 0 Å². The Morgan fingerprint density at radius 2 is 2.20 bits per heavy atom. The maximum Gasteiger partial charge on any atom is 0.0645 e. The number of aliphatic hydroxyl groups is 1. The number of aliphatic hydroxyl groups excluding tert-OH is 1. The van der Waals surface area contributed by atoms with Gasteiger partial charge in [0, 0.05) is 23.7 Å². The standard InChI is InChI=1S/C16H32N2O2/c1-4-8-17-16(12-19)7-5-6-14(11-16)18-9-10-20-13-15(18,2)3/h14,17,19H,4-13H2,1-3H3. The number of nitrogens with one attached hydrogen (secondary N) is 1. The molecule has 118 valence electrons. The van der Waals surface area contributed by atoms with Gasteiger partial charge in [-0.05, 0) is 52.5 Å². The highest BCUT2D eigenvalue weighted by molar-refractivity contribution is 4.99. The van der Waals surface area contributed by atoms with Gasteiger partial charge in [0.05, 0.1) is 19.8 Å². The second kappa shape index (κ2) is 6.73. The molecule has 2 atom stereocenters. The van der Waals surface area contributed by atoms with Crippen molar-refractivity contribution in [2.24, 2.45) is 0 Å². The van der Waals surface area contributed by atoms with Crippen LogP contribution in [0.15, 0.2) is 0 Å². The van der Waals surface area contributed by atoms with E-state index in [1.807, 2.05) is 0 Å². The van der Waals surface area contributed by atoms with Crippen molar-refractivity contribution < 1.29 is 9.84 Å². The van der Waals surface area contributed by atoms with Crippen LogP contribution >= 0.6 is 0 Å². The molecular formula is C16H32N2O2. The molecule has 2 fully saturated rings. The van der Waals surface area contributed by atoms with E-state index in [1.165, 1.54) is 12.8 Å². The third kappa shape index (κ3) is 3.53. The molecule has 4 nitrogen and oxygen atoms in total. The summed E-state index contributed by atoms with van der Waals surface area (Å²) in [6.45, 7) is 10.7. The minimum absolute atomic E-state index is 0.0622. The first-order valence-corrected chi connectivity index (χ1v) is 8.23. The molecule has 0 radical (unpaired) electrons. The van der Waals surface area contributed by atoms with Crippen molar-refractivity contribution in [1.82, 2.24) is 10.2 Å². The highest BCUT2D eigenvalue weighted by atomic mass is 16.5. The van der Waals surface area contributed by atoms with Crippen LogP contribution in [0, 0.1) is 0 Å². The van der Waals surface area contributed by atoms with Crippen molar-refractivity contribution in [3.8, 4) is 0 Å². The molecule has 0 aromatic carbocycles. The highest BCUT2D eigenvalue weighted by Crippen LogP contribution is 2.35. The Bertz CT molecular complexity index is 309. The molecule has 1 heterocycles. The van der Waals surface area contributed by atoms with Gasteiger partial charge in [-0.15, -0.1) is 0 Å². The van der Waals surface area contributed by atoms with E-state index >= 15 is 0 Å². The zero-order valence-corrected chi connectivity index (χ0v) is 13.5. The minimum atomic E-state index is -0.0622. The summed E-state index contributed by atoms with van der Waals surface area (Å²) in [6.07, 6.45) is 5.74. The summed E-state index contributed by atoms with van der Waals surface area (Å²) < 4.78 is 5.64. The van der Waals surface area contributed by atoms with E-state index in [0.717, 1.165) is 45.6 Å². The first kappa shape index (κ1) is 16.2. The summed E-state index contributed by atoms with van der Waals surface area (Å²) in [5, 5.41) is 13.5. The SMILES string of the molecule is CCCNC1(CO)CCCC(N2CCOCC2(C)C)C1. The van der Waals surface area contributed by atoms with Gasteiger partial charge in [-0.1, -0.05) is 6.92 Å². The number of nitrogens with zero attached hydrogens (tertiary/aromatic N) is 1. The zero-order valence-electron chi connectivity index (χ0n) is 13.5. The molecule has 20 heavy (non-hydrogen) atoms. The molecule has 2 rings (SSSR count). The van der Waals surface area contributed by atoms with Crippen LogP contribution in [0.5, 0.6) is 0 Å². The van der Waals surface area contributed by atoms with E-state index in [-0.39, 0.29) is 17.7 Å². The molecule has 2 aliphatic rings. The first-order valence-electron chi connectivity index (χ1n) is 8.23. The molecule has 0 amide bonds. The van der Waals surface area contributed by atoms with Gasteiger partial charge in [0.2, 0.25) is 0 Å². The van der Waals surface area contributed by atoms with Crippen molar-refractivity contribution in [1.29, 1.82) is 0 Å². The number of ether oxygens (including phenoxy) is 1. The lowest BCUT2D eigenvalue weighted by molar-refractivity contribution is -0.0873. The van der Waals surface area contributed by atoms with Crippen LogP contribution in [-0.4, -0.2) is 60.0 Å². The monoisotopic (exact) mass is 284 g/mol. The molecule has 2 unspecified atom stereocenters. The Morgan fingerprint density at radius 3 is 2.85 bits per heavy atom. The lowest BCUT2D eigenvalue weighted by Gasteiger charge is -2.51. The summed E-state index contributed by atoms with van der Waals surface area (Å²) in [7, 11) is 0. The van der Waals surface area contributed by atoms with Crippen LogP contribution in [-0.2, 0) is 4.74 Å². The largest absolute Gasteiger partial charge is 0.394 e. The van der Waals surface area contributed by atoms with E-state index in [0.29, 0.717) is 6.04 Å². The predicted molar refractivity (Wildman–Crippen MR) is 82.0 cm³/mol. The number of hydrogen-bond donors (Lipinski definition) is 2. The lowest BCUT2D eigenvalue weighted by atomic mass is 9.77. The van der Waals surface area contributed by atoms with Crippen molar-refractivity contribution >= 4 is 0 Å². The Hall–Kier alpha value is -0.160. The van der Waals surface area contributed by atoms with Gasteiger partial charge in [0.1, 0.15) is 0 Å². The summed E-state index contributed by atoms with van der Waals surface area (Å²) in [4.78, 5) is 2.62. The maximum absolute atomic E-state index is 9.91. The summed E-state index contributed by atoms with van der Waals surface area (Å²) in [5.74, 6) is 0. The molecular weight excluding hydrogens is 252 g/mol. The summed E-state index contributed by atoms with van der Waals surface area (Å²) in [6, 6.07) is 0.569. The van der Waals surface area contributed by atoms with E-state index in [1.54, 1.807) is 0 Å². The fourth-order valence-corrected chi connectivity index (χ4v) is 3.89. The smallest absolute Gasteiger partial charge is 0.0645 e. The number of rotatable bonds is 5. The van der Waals surface area contributed by atoms with Gasteiger partial charge >= 0.3 is 0 Å². The van der Waals surface area contributed by atoms with E-state index < -0.39 is 0 Å². The maximum atomic E-state index is 9.91. The fourth-order valence-electron chi connectivity index (χ4n) is 3.89. The molecule has 0 aromatic heterocycles. The summed E-state index contributed by atoms with van der Waals surface area (Å²) in [5.41, 5.74) is 0.0551. The van der Waals surface area contributed by atoms with Crippen LogP contribution in [0.3, 0.4) is 0 Å². The van der Waals surface area contributed by atoms with Crippen LogP contribution in [0.2, 0.25) is 0 Å². The van der Waals surface area contributed by atoms with Crippen molar-refractivity contribution in [2.75, 3.05) is 32.9 Å². The van der Waals surface area contributed by atoms with Crippen molar-refractivity contribution in [3.63, 3.8) is 0 Å². The van der Waals surface area contributed by atoms with E-state index in [9.17, 15) is 5.11 Å². The molecule has 2 N–H and O–H groups in total. The molecule has 0 bridgehead atoms. The topological polar surface area (TPSA) is 44.7 Å². The van der Waals surface area contributed by atoms with Gasteiger partial charge in [-0.2, -0.15) is 0 Å². The molecule has 1 saturated carbocycles. The molecule has 0 aromatic rings. The third-order valence-electron chi connectivity index (χ3n) is 5.02. The van der Waals surface area contributed by atoms with Crippen LogP contribution < -0.4 is 5.32 Å². The Balaban J connectivity index is 2.04. The van der Waals surface area contributed by atoms with Crippen LogP contribution in [0.25, 0.3) is 0 Å². The first-order chi connectivity index (χ1) is 9.53. The fraction of sp³-hybridized carbons (Fsp3) is 1.00. The van der Waals surface area contributed by atoms with Crippen molar-refractivity contribution in [3.05, 3.63) is 0 Å². The average Bonchev–Trinajstić information content (AvgIpc) is 2.45. The Morgan fingerprint density at radius 1 is 1.40 bits per heavy atom. The van der Waals surface area contributed by atoms with Crippen LogP contribution in [0.1, 0.15) is 52.9 Å². The second-order valence-corrected chi connectivity index (χ2v) is 7.17. The number of hydrogen-bond acceptors (Lipinski definition) is 4. The van der Waals surface area contributed by atoms with Crippen LogP contribution in [0.4, 0.5) is 0 Å². The van der Waals surface area contributed by atoms with Crippen molar-refractivity contribution in [2.45, 2.75) is 70.0 Å². The van der Waals surface area contributed by atoms with E-state index in [2.05, 4.69) is 31.0 Å². The molecule has 0 spiro atoms. The predicted octanol–water partition coefficient (Wildman–Crippen LogP) is 1.77. The van der Waals surface area contributed by atoms with Gasteiger partial charge in [-0.3, -0.25) is 4.90 Å².